The molecule has 68 valence electrons. The van der Waals surface area contributed by atoms with Crippen LogP contribution in [0.15, 0.2) is 18.2 Å². The lowest BCUT2D eigenvalue weighted by molar-refractivity contribution is 0.473. The molecule has 2 heteroatoms. The van der Waals surface area contributed by atoms with Crippen LogP contribution in [0.3, 0.4) is 0 Å². The van der Waals surface area contributed by atoms with Gasteiger partial charge in [-0.1, -0.05) is 39.9 Å². The van der Waals surface area contributed by atoms with E-state index in [1.54, 1.807) is 6.07 Å². The molecule has 0 heterocycles. The minimum absolute atomic E-state index is 0.266. The molecular formula is C11H11BrO. The van der Waals surface area contributed by atoms with Crippen LogP contribution in [-0.2, 0) is 0 Å². The van der Waals surface area contributed by atoms with Crippen molar-refractivity contribution < 1.29 is 5.11 Å². The van der Waals surface area contributed by atoms with Gasteiger partial charge in [0.15, 0.2) is 0 Å². The van der Waals surface area contributed by atoms with Crippen LogP contribution in [0.1, 0.15) is 17.5 Å². The first kappa shape index (κ1) is 10.1. The van der Waals surface area contributed by atoms with Crippen LogP contribution >= 0.6 is 15.9 Å². The Morgan fingerprint density at radius 3 is 2.85 bits per heavy atom. The molecule has 1 nitrogen and oxygen atoms in total. The maximum atomic E-state index is 9.48. The standard InChI is InChI=1S/C11H11BrO/c1-9-5-4-7-11(13)10(9)6-2-3-8-12/h4-5,7,13H,3,8H2,1H3. The predicted octanol–water partition coefficient (Wildman–Crippen LogP) is 2.84. The highest BCUT2D eigenvalue weighted by Crippen LogP contribution is 2.18. The van der Waals surface area contributed by atoms with E-state index in [0.29, 0.717) is 0 Å². The monoisotopic (exact) mass is 238 g/mol. The maximum Gasteiger partial charge on any atom is 0.131 e. The quantitative estimate of drug-likeness (QED) is 0.590. The van der Waals surface area contributed by atoms with Crippen LogP contribution in [0.25, 0.3) is 0 Å². The Morgan fingerprint density at radius 2 is 2.23 bits per heavy atom. The molecule has 1 aromatic rings. The van der Waals surface area contributed by atoms with E-state index < -0.39 is 0 Å². The van der Waals surface area contributed by atoms with Crippen LogP contribution in [0.5, 0.6) is 5.75 Å². The summed E-state index contributed by atoms with van der Waals surface area (Å²) in [6.07, 6.45) is 0.799. The summed E-state index contributed by atoms with van der Waals surface area (Å²) in [7, 11) is 0. The number of halogens is 1. The van der Waals surface area contributed by atoms with Crippen molar-refractivity contribution in [1.82, 2.24) is 0 Å². The van der Waals surface area contributed by atoms with Gasteiger partial charge in [0.1, 0.15) is 5.75 Å². The van der Waals surface area contributed by atoms with Crippen molar-refractivity contribution in [3.63, 3.8) is 0 Å². The molecule has 0 aliphatic carbocycles. The Balaban J connectivity index is 2.95. The number of aromatic hydroxyl groups is 1. The Bertz CT molecular complexity index is 327. The molecule has 0 aliphatic heterocycles. The van der Waals surface area contributed by atoms with Crippen molar-refractivity contribution in [2.45, 2.75) is 13.3 Å². The molecule has 0 saturated heterocycles. The maximum absolute atomic E-state index is 9.48. The second kappa shape index (κ2) is 4.94. The average molecular weight is 239 g/mol. The fourth-order valence-corrected chi connectivity index (χ4v) is 1.21. The average Bonchev–Trinajstić information content (AvgIpc) is 2.10. The van der Waals surface area contributed by atoms with E-state index in [0.717, 1.165) is 22.9 Å². The second-order valence-electron chi connectivity index (χ2n) is 2.71. The third-order valence-corrected chi connectivity index (χ3v) is 2.08. The third kappa shape index (κ3) is 2.78. The fourth-order valence-electron chi connectivity index (χ4n) is 1.01. The van der Waals surface area contributed by atoms with Crippen molar-refractivity contribution in [2.75, 3.05) is 5.33 Å². The predicted molar refractivity (Wildman–Crippen MR) is 58.1 cm³/mol. The van der Waals surface area contributed by atoms with Crippen molar-refractivity contribution in [3.8, 4) is 17.6 Å². The van der Waals surface area contributed by atoms with Gasteiger partial charge in [0.25, 0.3) is 0 Å². The molecule has 1 aromatic carbocycles. The number of aryl methyl sites for hydroxylation is 1. The van der Waals surface area contributed by atoms with Crippen LogP contribution in [0.2, 0.25) is 0 Å². The first-order chi connectivity index (χ1) is 6.25. The number of hydrogen-bond donors (Lipinski definition) is 1. The van der Waals surface area contributed by atoms with E-state index in [-0.39, 0.29) is 5.75 Å². The lowest BCUT2D eigenvalue weighted by Crippen LogP contribution is -1.82. The number of hydrogen-bond acceptors (Lipinski definition) is 1. The van der Waals surface area contributed by atoms with Crippen LogP contribution in [0, 0.1) is 18.8 Å². The van der Waals surface area contributed by atoms with Crippen molar-refractivity contribution in [1.29, 1.82) is 0 Å². The van der Waals surface area contributed by atoms with Gasteiger partial charge in [-0.3, -0.25) is 0 Å². The first-order valence-electron chi connectivity index (χ1n) is 4.09. The summed E-state index contributed by atoms with van der Waals surface area (Å²) in [6.45, 7) is 1.94. The smallest absolute Gasteiger partial charge is 0.131 e. The molecule has 0 bridgehead atoms. The van der Waals surface area contributed by atoms with E-state index >= 15 is 0 Å². The summed E-state index contributed by atoms with van der Waals surface area (Å²) in [5.74, 6) is 6.19. The van der Waals surface area contributed by atoms with Gasteiger partial charge in [-0.05, 0) is 18.6 Å². The lowest BCUT2D eigenvalue weighted by Gasteiger charge is -1.99. The molecule has 0 aliphatic rings. The highest BCUT2D eigenvalue weighted by molar-refractivity contribution is 9.09. The van der Waals surface area contributed by atoms with Crippen molar-refractivity contribution in [2.24, 2.45) is 0 Å². The molecule has 0 atom stereocenters. The van der Waals surface area contributed by atoms with E-state index in [4.69, 9.17) is 0 Å². The zero-order chi connectivity index (χ0) is 9.68. The zero-order valence-corrected chi connectivity index (χ0v) is 9.06. The van der Waals surface area contributed by atoms with Gasteiger partial charge in [0, 0.05) is 11.8 Å². The SMILES string of the molecule is Cc1cccc(O)c1C#CCCBr. The Kier molecular flexibility index (Phi) is 3.85. The van der Waals surface area contributed by atoms with Crippen molar-refractivity contribution in [3.05, 3.63) is 29.3 Å². The van der Waals surface area contributed by atoms with Crippen LogP contribution in [-0.4, -0.2) is 10.4 Å². The number of rotatable bonds is 1. The van der Waals surface area contributed by atoms with Gasteiger partial charge in [0.2, 0.25) is 0 Å². The molecular weight excluding hydrogens is 228 g/mol. The van der Waals surface area contributed by atoms with Gasteiger partial charge < -0.3 is 5.11 Å². The minimum atomic E-state index is 0.266. The van der Waals surface area contributed by atoms with Gasteiger partial charge in [-0.15, -0.1) is 0 Å². The van der Waals surface area contributed by atoms with Gasteiger partial charge in [-0.2, -0.15) is 0 Å². The highest BCUT2D eigenvalue weighted by Gasteiger charge is 1.98. The number of phenolic OH excluding ortho intramolecular Hbond substituents is 1. The molecule has 13 heavy (non-hydrogen) atoms. The topological polar surface area (TPSA) is 20.2 Å². The first-order valence-corrected chi connectivity index (χ1v) is 5.21. The summed E-state index contributed by atoms with van der Waals surface area (Å²) in [6, 6.07) is 5.42. The molecule has 0 unspecified atom stereocenters. The summed E-state index contributed by atoms with van der Waals surface area (Å²) in [5.41, 5.74) is 1.76. The van der Waals surface area contributed by atoms with Gasteiger partial charge >= 0.3 is 0 Å². The molecule has 0 fully saturated rings. The van der Waals surface area contributed by atoms with Gasteiger partial charge in [0.05, 0.1) is 5.56 Å². The zero-order valence-electron chi connectivity index (χ0n) is 7.47. The van der Waals surface area contributed by atoms with E-state index in [2.05, 4.69) is 27.8 Å². The summed E-state index contributed by atoms with van der Waals surface area (Å²) < 4.78 is 0. The van der Waals surface area contributed by atoms with Gasteiger partial charge in [-0.25, -0.2) is 0 Å². The second-order valence-corrected chi connectivity index (χ2v) is 3.50. The fraction of sp³-hybridized carbons (Fsp3) is 0.273. The van der Waals surface area contributed by atoms with E-state index in [1.165, 1.54) is 0 Å². The lowest BCUT2D eigenvalue weighted by atomic mass is 10.1. The number of alkyl halides is 1. The molecule has 0 radical (unpaired) electrons. The Morgan fingerprint density at radius 1 is 1.46 bits per heavy atom. The van der Waals surface area contributed by atoms with Crippen molar-refractivity contribution >= 4 is 15.9 Å². The molecule has 1 rings (SSSR count). The summed E-state index contributed by atoms with van der Waals surface area (Å²) >= 11 is 3.29. The minimum Gasteiger partial charge on any atom is -0.507 e. The van der Waals surface area contributed by atoms with E-state index in [9.17, 15) is 5.11 Å². The molecule has 0 spiro atoms. The Labute approximate surface area is 86.9 Å². The molecule has 1 N–H and O–H groups in total. The molecule has 0 amide bonds. The summed E-state index contributed by atoms with van der Waals surface area (Å²) in [5, 5.41) is 10.3. The largest absolute Gasteiger partial charge is 0.507 e. The summed E-state index contributed by atoms with van der Waals surface area (Å²) in [4.78, 5) is 0. The van der Waals surface area contributed by atoms with Crippen LogP contribution in [0.4, 0.5) is 0 Å². The molecule has 0 aromatic heterocycles. The number of benzene rings is 1. The third-order valence-electron chi connectivity index (χ3n) is 1.68. The Hall–Kier alpha value is -0.940. The normalized spacial score (nSPS) is 9.08. The molecule has 0 saturated carbocycles. The van der Waals surface area contributed by atoms with E-state index in [1.807, 2.05) is 19.1 Å². The van der Waals surface area contributed by atoms with Crippen LogP contribution < -0.4 is 0 Å². The highest BCUT2D eigenvalue weighted by atomic mass is 79.9. The number of phenols is 1.